The summed E-state index contributed by atoms with van der Waals surface area (Å²) in [5, 5.41) is 7.12. The zero-order chi connectivity index (χ0) is 24.7. The van der Waals surface area contributed by atoms with Gasteiger partial charge in [-0.1, -0.05) is 0 Å². The number of ether oxygens (including phenoxy) is 1. The number of hydrogen-bond donors (Lipinski definition) is 6. The molecule has 0 rings (SSSR count). The van der Waals surface area contributed by atoms with Gasteiger partial charge in [0.1, 0.15) is 0 Å². The molecule has 0 aliphatic heterocycles. The third-order valence-corrected chi connectivity index (χ3v) is 3.82. The summed E-state index contributed by atoms with van der Waals surface area (Å²) in [7, 11) is 4.06. The van der Waals surface area contributed by atoms with Gasteiger partial charge in [0.15, 0.2) is 0 Å². The first-order valence-corrected chi connectivity index (χ1v) is 11.0. The topological polar surface area (TPSA) is 201 Å². The van der Waals surface area contributed by atoms with Gasteiger partial charge in [-0.2, -0.15) is 8.42 Å². The van der Waals surface area contributed by atoms with Crippen molar-refractivity contribution in [3.05, 3.63) is 0 Å². The van der Waals surface area contributed by atoms with Crippen molar-refractivity contribution >= 4 is 38.1 Å². The summed E-state index contributed by atoms with van der Waals surface area (Å²) in [4.78, 5) is 29.2. The summed E-state index contributed by atoms with van der Waals surface area (Å²) in [6, 6.07) is -0.157. The fourth-order valence-corrected chi connectivity index (χ4v) is 0.431. The Morgan fingerprint density at radius 3 is 0.931 bits per heavy atom. The van der Waals surface area contributed by atoms with E-state index in [9.17, 15) is 31.2 Å². The van der Waals surface area contributed by atoms with E-state index in [1.165, 1.54) is 42.1 Å². The Morgan fingerprint density at radius 2 is 0.931 bits per heavy atom. The van der Waals surface area contributed by atoms with E-state index in [1.54, 1.807) is 21.1 Å². The number of nitrogens with one attached hydrogen (secondary N) is 6. The number of carbonyl (C=O) groups is 3. The predicted molar refractivity (Wildman–Crippen MR) is 112 cm³/mol. The van der Waals surface area contributed by atoms with E-state index in [1.807, 2.05) is 0 Å². The lowest BCUT2D eigenvalue weighted by atomic mass is 10.7. The predicted octanol–water partition coefficient (Wildman–Crippen LogP) is -2.69. The molecule has 0 heterocycles. The van der Waals surface area contributed by atoms with Gasteiger partial charge >= 0.3 is 12.0 Å². The maximum absolute atomic E-state index is 10.1. The molecule has 0 saturated heterocycles. The van der Waals surface area contributed by atoms with Gasteiger partial charge in [0.05, 0.1) is 13.4 Å². The Labute approximate surface area is 174 Å². The van der Waals surface area contributed by atoms with E-state index in [0.717, 1.165) is 6.26 Å². The summed E-state index contributed by atoms with van der Waals surface area (Å²) in [5.74, 6) is -0.241. The monoisotopic (exact) mass is 468 g/mol. The molecule has 178 valence electrons. The molecule has 3 amide bonds. The average molecular weight is 469 g/mol. The molecule has 0 aromatic rings. The molecule has 0 radical (unpaired) electrons. The van der Waals surface area contributed by atoms with Crippen LogP contribution in [0.5, 0.6) is 0 Å². The van der Waals surface area contributed by atoms with Crippen LogP contribution in [0.4, 0.5) is 4.79 Å². The van der Waals surface area contributed by atoms with Crippen LogP contribution in [0.2, 0.25) is 0 Å². The molecule has 16 heteroatoms. The van der Waals surface area contributed by atoms with Crippen molar-refractivity contribution in [2.45, 2.75) is 13.8 Å². The highest BCUT2D eigenvalue weighted by molar-refractivity contribution is 7.88. The van der Waals surface area contributed by atoms with Gasteiger partial charge < -0.3 is 20.7 Å². The molecule has 6 N–H and O–H groups in total. The third-order valence-electron chi connectivity index (χ3n) is 2.00. The summed E-state index contributed by atoms with van der Waals surface area (Å²) in [6.45, 7) is 2.83. The second-order valence-electron chi connectivity index (χ2n) is 4.22. The summed E-state index contributed by atoms with van der Waals surface area (Å²) >= 11 is 0. The van der Waals surface area contributed by atoms with E-state index in [-0.39, 0.29) is 17.9 Å². The third kappa shape index (κ3) is 66.6. The minimum absolute atomic E-state index is 0.00463. The summed E-state index contributed by atoms with van der Waals surface area (Å²) in [6.07, 6.45) is 1.10. The second kappa shape index (κ2) is 24.0. The minimum Gasteiger partial charge on any atom is -0.469 e. The second-order valence-corrected chi connectivity index (χ2v) is 7.99. The molecule has 0 aromatic heterocycles. The van der Waals surface area contributed by atoms with E-state index >= 15 is 0 Å². The summed E-state index contributed by atoms with van der Waals surface area (Å²) < 4.78 is 50.4. The first-order valence-electron chi connectivity index (χ1n) is 7.66. The largest absolute Gasteiger partial charge is 0.469 e. The Hall–Kier alpha value is -2.01. The fourth-order valence-electron chi connectivity index (χ4n) is 0.227. The van der Waals surface area contributed by atoms with Crippen LogP contribution in [0.1, 0.15) is 13.8 Å². The molecule has 0 spiro atoms. The minimum atomic E-state index is -3.16. The quantitative estimate of drug-likeness (QED) is 0.240. The van der Waals surface area contributed by atoms with Gasteiger partial charge in [0.2, 0.25) is 15.9 Å². The van der Waals surface area contributed by atoms with Crippen LogP contribution >= 0.6 is 0 Å². The van der Waals surface area contributed by atoms with E-state index in [0.29, 0.717) is 0 Å². The van der Waals surface area contributed by atoms with Crippen molar-refractivity contribution in [1.82, 2.24) is 30.1 Å². The van der Waals surface area contributed by atoms with Crippen molar-refractivity contribution < 1.29 is 36.0 Å². The molecule has 0 atom stereocenters. The molecule has 0 fully saturated rings. The fraction of sp³-hybridized carbons (Fsp3) is 0.769. The number of methoxy groups -OCH3 is 1. The van der Waals surface area contributed by atoms with Crippen LogP contribution in [-0.4, -0.2) is 90.4 Å². The molecular weight excluding hydrogens is 432 g/mol. The first-order chi connectivity index (χ1) is 13.0. The highest BCUT2D eigenvalue weighted by Crippen LogP contribution is 1.63. The highest BCUT2D eigenvalue weighted by Gasteiger charge is 1.96. The molecule has 0 saturated carbocycles. The Bertz CT molecular complexity index is 593. The van der Waals surface area contributed by atoms with Crippen LogP contribution in [0.25, 0.3) is 0 Å². The standard InChI is InChI=1S/C3H8N2O.C3H7NO.C3H6O2.C2H8N2O2S.C2H7NO2S/c1-4-3(6)5-2;1-3(5)4-2;1-3(4)5-2;1-3-7(5,6)4-2;1-3-6(2,4)5/h1-2H3,(H2,4,5,6);1-2H3,(H,4,5);1-2H3;3-4H,1-2H3;3H,1-2H3. The molecule has 0 aromatic carbocycles. The van der Waals surface area contributed by atoms with Gasteiger partial charge in [-0.25, -0.2) is 27.4 Å². The van der Waals surface area contributed by atoms with Crippen LogP contribution < -0.4 is 30.1 Å². The van der Waals surface area contributed by atoms with E-state index < -0.39 is 20.2 Å². The lowest BCUT2D eigenvalue weighted by Crippen LogP contribution is -2.30. The lowest BCUT2D eigenvalue weighted by molar-refractivity contribution is -0.138. The van der Waals surface area contributed by atoms with Crippen molar-refractivity contribution in [3.8, 4) is 0 Å². The van der Waals surface area contributed by atoms with Crippen LogP contribution in [0.3, 0.4) is 0 Å². The number of hydrogen-bond acceptors (Lipinski definition) is 8. The normalized spacial score (nSPS) is 9.03. The molecular formula is C13H36N6O8S2. The van der Waals surface area contributed by atoms with Gasteiger partial charge in [-0.15, -0.1) is 0 Å². The van der Waals surface area contributed by atoms with Gasteiger partial charge in [0, 0.05) is 49.1 Å². The number of esters is 1. The van der Waals surface area contributed by atoms with Crippen LogP contribution in [-0.2, 0) is 34.6 Å². The Kier molecular flexibility index (Phi) is 31.2. The summed E-state index contributed by atoms with van der Waals surface area (Å²) in [5.41, 5.74) is 0. The molecule has 0 aliphatic carbocycles. The van der Waals surface area contributed by atoms with Gasteiger partial charge in [0.25, 0.3) is 10.2 Å². The molecule has 29 heavy (non-hydrogen) atoms. The zero-order valence-electron chi connectivity index (χ0n) is 18.6. The Morgan fingerprint density at radius 1 is 0.690 bits per heavy atom. The van der Waals surface area contributed by atoms with Gasteiger partial charge in [-0.05, 0) is 7.05 Å². The highest BCUT2D eigenvalue weighted by atomic mass is 32.2. The van der Waals surface area contributed by atoms with Crippen molar-refractivity contribution in [3.63, 3.8) is 0 Å². The van der Waals surface area contributed by atoms with Crippen LogP contribution in [0, 0.1) is 0 Å². The average Bonchev–Trinajstić information content (AvgIpc) is 2.68. The number of amides is 3. The number of carbonyl (C=O) groups excluding carboxylic acids is 3. The van der Waals surface area contributed by atoms with Gasteiger partial charge in [-0.3, -0.25) is 9.59 Å². The lowest BCUT2D eigenvalue weighted by Gasteiger charge is -1.94. The number of rotatable bonds is 3. The maximum Gasteiger partial charge on any atom is 0.314 e. The Balaban J connectivity index is -0.0000000833. The van der Waals surface area contributed by atoms with Crippen molar-refractivity contribution in [2.75, 3.05) is 55.7 Å². The molecule has 0 unspecified atom stereocenters. The SMILES string of the molecule is CNC(=O)NC.CNC(C)=O.CNS(=O)(=O)NC.CNS(C)(=O)=O.COC(C)=O. The van der Waals surface area contributed by atoms with Crippen molar-refractivity contribution in [1.29, 1.82) is 0 Å². The molecule has 0 aliphatic rings. The molecule has 0 bridgehead atoms. The van der Waals surface area contributed by atoms with Crippen molar-refractivity contribution in [2.24, 2.45) is 0 Å². The van der Waals surface area contributed by atoms with E-state index in [2.05, 4.69) is 34.9 Å². The number of sulfonamides is 1. The van der Waals surface area contributed by atoms with E-state index in [4.69, 9.17) is 0 Å². The molecule has 14 nitrogen and oxygen atoms in total. The zero-order valence-corrected chi connectivity index (χ0v) is 20.2. The first kappa shape index (κ1) is 37.7. The maximum atomic E-state index is 10.1. The number of urea groups is 1. The van der Waals surface area contributed by atoms with Crippen LogP contribution in [0.15, 0.2) is 0 Å². The smallest absolute Gasteiger partial charge is 0.314 e.